The van der Waals surface area contributed by atoms with Gasteiger partial charge in [-0.3, -0.25) is 4.79 Å². The van der Waals surface area contributed by atoms with Crippen molar-refractivity contribution in [3.63, 3.8) is 0 Å². The average molecular weight is 334 g/mol. The smallest absolute Gasteiger partial charge is 0.272 e. The number of carbonyl (C=O) groups is 1. The van der Waals surface area contributed by atoms with Crippen LogP contribution in [0.5, 0.6) is 0 Å². The van der Waals surface area contributed by atoms with Gasteiger partial charge in [0.2, 0.25) is 0 Å². The van der Waals surface area contributed by atoms with E-state index < -0.39 is 0 Å². The van der Waals surface area contributed by atoms with Crippen LogP contribution in [0.1, 0.15) is 35.3 Å². The summed E-state index contributed by atoms with van der Waals surface area (Å²) >= 11 is 6.19. The Kier molecular flexibility index (Phi) is 4.68. The molecule has 5 nitrogen and oxygen atoms in total. The summed E-state index contributed by atoms with van der Waals surface area (Å²) in [5.74, 6) is 0.288. The molecule has 1 heterocycles. The van der Waals surface area contributed by atoms with Crippen molar-refractivity contribution in [1.29, 1.82) is 0 Å². The fraction of sp³-hybridized carbons (Fsp3) is 0.412. The molecule has 6 heteroatoms. The first kappa shape index (κ1) is 16.0. The number of nitrogens with one attached hydrogen (secondary N) is 1. The predicted molar refractivity (Wildman–Crippen MR) is 89.0 cm³/mol. The molecule has 1 aliphatic carbocycles. The van der Waals surface area contributed by atoms with Gasteiger partial charge < -0.3 is 10.4 Å². The lowest BCUT2D eigenvalue weighted by molar-refractivity contribution is 0.0918. The van der Waals surface area contributed by atoms with Crippen molar-refractivity contribution in [2.45, 2.75) is 32.2 Å². The summed E-state index contributed by atoms with van der Waals surface area (Å²) in [4.78, 5) is 12.5. The minimum Gasteiger partial charge on any atom is -0.396 e. The molecule has 0 spiro atoms. The lowest BCUT2D eigenvalue weighted by Gasteiger charge is -2.16. The number of aromatic nitrogens is 2. The second kappa shape index (κ2) is 6.72. The zero-order valence-corrected chi connectivity index (χ0v) is 13.8. The number of para-hydroxylation sites is 1. The lowest BCUT2D eigenvalue weighted by atomic mass is 10.1. The molecule has 0 radical (unpaired) electrons. The van der Waals surface area contributed by atoms with Crippen molar-refractivity contribution in [1.82, 2.24) is 15.1 Å². The van der Waals surface area contributed by atoms with E-state index in [1.165, 1.54) is 0 Å². The predicted octanol–water partition coefficient (Wildman–Crippen LogP) is 2.72. The van der Waals surface area contributed by atoms with Gasteiger partial charge in [0, 0.05) is 24.4 Å². The van der Waals surface area contributed by atoms with Gasteiger partial charge in [-0.15, -0.1) is 0 Å². The summed E-state index contributed by atoms with van der Waals surface area (Å²) in [6, 6.07) is 7.40. The largest absolute Gasteiger partial charge is 0.396 e. The van der Waals surface area contributed by atoms with E-state index in [4.69, 9.17) is 16.7 Å². The second-order valence-corrected chi connectivity index (χ2v) is 6.39. The van der Waals surface area contributed by atoms with Crippen LogP contribution < -0.4 is 5.32 Å². The number of nitrogens with zero attached hydrogens (tertiary/aromatic N) is 2. The van der Waals surface area contributed by atoms with Crippen LogP contribution in [0.2, 0.25) is 5.02 Å². The molecule has 1 aliphatic rings. The molecule has 1 amide bonds. The number of hydrogen-bond acceptors (Lipinski definition) is 3. The van der Waals surface area contributed by atoms with Crippen LogP contribution in [0.4, 0.5) is 0 Å². The number of halogens is 1. The molecule has 0 bridgehead atoms. The highest BCUT2D eigenvalue weighted by atomic mass is 35.5. The Hall–Kier alpha value is -1.85. The summed E-state index contributed by atoms with van der Waals surface area (Å²) in [7, 11) is 0. The fourth-order valence-corrected chi connectivity index (χ4v) is 2.97. The van der Waals surface area contributed by atoms with Crippen LogP contribution in [0.25, 0.3) is 5.69 Å². The summed E-state index contributed by atoms with van der Waals surface area (Å²) in [6.07, 6.45) is 4.60. The first-order valence-corrected chi connectivity index (χ1v) is 8.21. The summed E-state index contributed by atoms with van der Waals surface area (Å²) in [5, 5.41) is 17.1. The molecule has 2 aromatic rings. The van der Waals surface area contributed by atoms with E-state index in [1.54, 1.807) is 16.9 Å². The SMILES string of the molecule is Cc1cn(-c2ccccc2Cl)nc1C(=O)NC(CCO)C1CC1. The lowest BCUT2D eigenvalue weighted by Crippen LogP contribution is -2.37. The number of rotatable bonds is 6. The molecule has 1 fully saturated rings. The van der Waals surface area contributed by atoms with Gasteiger partial charge in [-0.1, -0.05) is 23.7 Å². The quantitative estimate of drug-likeness (QED) is 0.854. The molecule has 1 aromatic carbocycles. The third kappa shape index (κ3) is 3.57. The Balaban J connectivity index is 1.80. The van der Waals surface area contributed by atoms with Crippen LogP contribution in [-0.2, 0) is 0 Å². The highest BCUT2D eigenvalue weighted by Crippen LogP contribution is 2.34. The minimum absolute atomic E-state index is 0.0253. The second-order valence-electron chi connectivity index (χ2n) is 5.99. The maximum Gasteiger partial charge on any atom is 0.272 e. The van der Waals surface area contributed by atoms with E-state index in [9.17, 15) is 4.79 Å². The average Bonchev–Trinajstić information content (AvgIpc) is 3.30. The van der Waals surface area contributed by atoms with E-state index in [2.05, 4.69) is 10.4 Å². The maximum atomic E-state index is 12.5. The number of hydrogen-bond donors (Lipinski definition) is 2. The number of benzene rings is 1. The normalized spacial score (nSPS) is 15.4. The van der Waals surface area contributed by atoms with Crippen molar-refractivity contribution < 1.29 is 9.90 Å². The third-order valence-corrected chi connectivity index (χ3v) is 4.48. The molecule has 0 aliphatic heterocycles. The highest BCUT2D eigenvalue weighted by Gasteiger charge is 2.32. The van der Waals surface area contributed by atoms with Gasteiger partial charge in [-0.2, -0.15) is 5.10 Å². The van der Waals surface area contributed by atoms with Gasteiger partial charge in [-0.25, -0.2) is 4.68 Å². The van der Waals surface area contributed by atoms with E-state index in [-0.39, 0.29) is 18.6 Å². The molecule has 0 saturated heterocycles. The van der Waals surface area contributed by atoms with E-state index in [0.717, 1.165) is 24.1 Å². The van der Waals surface area contributed by atoms with Gasteiger partial charge in [0.1, 0.15) is 0 Å². The Bertz CT molecular complexity index is 710. The first-order valence-electron chi connectivity index (χ1n) is 7.83. The number of carbonyl (C=O) groups excluding carboxylic acids is 1. The molecule has 1 atom stereocenters. The minimum atomic E-state index is -0.196. The first-order chi connectivity index (χ1) is 11.1. The standard InChI is InChI=1S/C17H20ClN3O2/c1-11-10-21(15-5-3-2-4-13(15)18)20-16(11)17(23)19-14(8-9-22)12-6-7-12/h2-5,10,12,14,22H,6-9H2,1H3,(H,19,23). The molecule has 1 aromatic heterocycles. The molecule has 2 N–H and O–H groups in total. The van der Waals surface area contributed by atoms with Gasteiger partial charge in [0.15, 0.2) is 5.69 Å². The van der Waals surface area contributed by atoms with Crippen LogP contribution in [0.15, 0.2) is 30.5 Å². The topological polar surface area (TPSA) is 67.2 Å². The molecule has 1 unspecified atom stereocenters. The zero-order valence-electron chi connectivity index (χ0n) is 13.0. The van der Waals surface area contributed by atoms with Gasteiger partial charge in [0.05, 0.1) is 10.7 Å². The summed E-state index contributed by atoms with van der Waals surface area (Å²) < 4.78 is 1.63. The van der Waals surface area contributed by atoms with Crippen LogP contribution >= 0.6 is 11.6 Å². The number of aryl methyl sites for hydroxylation is 1. The van der Waals surface area contributed by atoms with Crippen molar-refractivity contribution in [2.24, 2.45) is 5.92 Å². The Morgan fingerprint density at radius 3 is 2.87 bits per heavy atom. The maximum absolute atomic E-state index is 12.5. The number of aliphatic hydroxyl groups excluding tert-OH is 1. The van der Waals surface area contributed by atoms with Gasteiger partial charge >= 0.3 is 0 Å². The fourth-order valence-electron chi connectivity index (χ4n) is 2.75. The van der Waals surface area contributed by atoms with Crippen LogP contribution in [0.3, 0.4) is 0 Å². The Morgan fingerprint density at radius 2 is 2.22 bits per heavy atom. The third-order valence-electron chi connectivity index (χ3n) is 4.16. The number of aliphatic hydroxyl groups is 1. The van der Waals surface area contributed by atoms with Crippen LogP contribution in [-0.4, -0.2) is 33.4 Å². The molecule has 23 heavy (non-hydrogen) atoms. The summed E-state index contributed by atoms with van der Waals surface area (Å²) in [6.45, 7) is 1.93. The summed E-state index contributed by atoms with van der Waals surface area (Å²) in [5.41, 5.74) is 1.93. The highest BCUT2D eigenvalue weighted by molar-refractivity contribution is 6.32. The van der Waals surface area contributed by atoms with E-state index in [1.807, 2.05) is 25.1 Å². The Labute approximate surface area is 140 Å². The Morgan fingerprint density at radius 1 is 1.48 bits per heavy atom. The van der Waals surface area contributed by atoms with Crippen LogP contribution in [0, 0.1) is 12.8 Å². The molecule has 122 valence electrons. The number of amides is 1. The molecule has 1 saturated carbocycles. The molecule has 3 rings (SSSR count). The van der Waals surface area contributed by atoms with Crippen molar-refractivity contribution in [2.75, 3.05) is 6.61 Å². The van der Waals surface area contributed by atoms with Crippen molar-refractivity contribution in [3.05, 3.63) is 46.7 Å². The molecular formula is C17H20ClN3O2. The van der Waals surface area contributed by atoms with Crippen molar-refractivity contribution in [3.8, 4) is 5.69 Å². The van der Waals surface area contributed by atoms with E-state index >= 15 is 0 Å². The van der Waals surface area contributed by atoms with Gasteiger partial charge in [-0.05, 0) is 44.2 Å². The molecular weight excluding hydrogens is 314 g/mol. The van der Waals surface area contributed by atoms with Crippen molar-refractivity contribution >= 4 is 17.5 Å². The zero-order chi connectivity index (χ0) is 16.4. The van der Waals surface area contributed by atoms with E-state index in [0.29, 0.717) is 23.1 Å². The van der Waals surface area contributed by atoms with Gasteiger partial charge in [0.25, 0.3) is 5.91 Å². The monoisotopic (exact) mass is 333 g/mol.